The molecule has 1 N–H and O–H groups in total. The van der Waals surface area contributed by atoms with Gasteiger partial charge in [-0.25, -0.2) is 4.39 Å². The zero-order valence-electron chi connectivity index (χ0n) is 9.70. The Hall–Kier alpha value is -0.870. The molecule has 1 fully saturated rings. The summed E-state index contributed by atoms with van der Waals surface area (Å²) in [6.45, 7) is 0. The molecular formula is C14H13BrFNS. The molecule has 1 aliphatic carbocycles. The van der Waals surface area contributed by atoms with Gasteiger partial charge in [0.2, 0.25) is 0 Å². The van der Waals surface area contributed by atoms with E-state index in [9.17, 15) is 4.39 Å². The first-order valence-corrected chi connectivity index (χ1v) is 7.66. The molecule has 1 atom stereocenters. The van der Waals surface area contributed by atoms with Crippen LogP contribution in [0.4, 0.5) is 10.1 Å². The highest BCUT2D eigenvalue weighted by atomic mass is 79.9. The van der Waals surface area contributed by atoms with E-state index in [4.69, 9.17) is 0 Å². The molecule has 4 heteroatoms. The minimum absolute atomic E-state index is 0.194. The molecule has 2 aromatic rings. The van der Waals surface area contributed by atoms with E-state index in [1.807, 2.05) is 6.07 Å². The van der Waals surface area contributed by atoms with Crippen LogP contribution < -0.4 is 5.32 Å². The van der Waals surface area contributed by atoms with E-state index in [0.29, 0.717) is 11.6 Å². The van der Waals surface area contributed by atoms with Crippen LogP contribution in [0.15, 0.2) is 40.2 Å². The molecule has 0 radical (unpaired) electrons. The highest BCUT2D eigenvalue weighted by Gasteiger charge is 2.33. The van der Waals surface area contributed by atoms with Crippen LogP contribution in [0.1, 0.15) is 23.8 Å². The van der Waals surface area contributed by atoms with Gasteiger partial charge in [-0.1, -0.05) is 22.0 Å². The fourth-order valence-electron chi connectivity index (χ4n) is 2.09. The molecule has 1 unspecified atom stereocenters. The summed E-state index contributed by atoms with van der Waals surface area (Å²) >= 11 is 5.12. The summed E-state index contributed by atoms with van der Waals surface area (Å²) in [6, 6.07) is 9.43. The van der Waals surface area contributed by atoms with Crippen LogP contribution in [0.2, 0.25) is 0 Å². The predicted molar refractivity (Wildman–Crippen MR) is 77.5 cm³/mol. The molecule has 94 valence electrons. The lowest BCUT2D eigenvalue weighted by atomic mass is 10.1. The van der Waals surface area contributed by atoms with Gasteiger partial charge in [-0.05, 0) is 48.4 Å². The van der Waals surface area contributed by atoms with Gasteiger partial charge < -0.3 is 5.32 Å². The molecule has 1 aromatic carbocycles. The third kappa shape index (κ3) is 2.59. The quantitative estimate of drug-likeness (QED) is 0.813. The third-order valence-corrected chi connectivity index (χ3v) is 4.63. The van der Waals surface area contributed by atoms with Crippen LogP contribution in [-0.4, -0.2) is 0 Å². The number of benzene rings is 1. The van der Waals surface area contributed by atoms with Crippen LogP contribution in [0.5, 0.6) is 0 Å². The van der Waals surface area contributed by atoms with E-state index >= 15 is 0 Å². The molecule has 0 bridgehead atoms. The predicted octanol–water partition coefficient (Wildman–Crippen LogP) is 5.21. The van der Waals surface area contributed by atoms with Crippen molar-refractivity contribution in [2.24, 2.45) is 5.92 Å². The molecule has 1 aliphatic rings. The molecule has 0 saturated heterocycles. The zero-order valence-corrected chi connectivity index (χ0v) is 12.1. The van der Waals surface area contributed by atoms with E-state index in [-0.39, 0.29) is 11.9 Å². The lowest BCUT2D eigenvalue weighted by Gasteiger charge is -2.19. The molecule has 1 saturated carbocycles. The zero-order chi connectivity index (χ0) is 12.5. The van der Waals surface area contributed by atoms with Crippen molar-refractivity contribution in [3.05, 3.63) is 50.9 Å². The van der Waals surface area contributed by atoms with Crippen LogP contribution >= 0.6 is 27.3 Å². The fraction of sp³-hybridized carbons (Fsp3) is 0.286. The van der Waals surface area contributed by atoms with Gasteiger partial charge in [0, 0.05) is 9.35 Å². The Morgan fingerprint density at radius 1 is 1.33 bits per heavy atom. The van der Waals surface area contributed by atoms with Gasteiger partial charge in [0.25, 0.3) is 0 Å². The normalized spacial score (nSPS) is 16.6. The van der Waals surface area contributed by atoms with E-state index in [2.05, 4.69) is 32.7 Å². The number of thiophene rings is 1. The summed E-state index contributed by atoms with van der Waals surface area (Å²) in [7, 11) is 0. The number of hydrogen-bond acceptors (Lipinski definition) is 2. The standard InChI is InChI=1S/C14H13BrFNS/c15-10-5-6-11(16)12(8-10)17-14(9-3-4-9)13-2-1-7-18-13/h1-2,5-9,14,17H,3-4H2. The van der Waals surface area contributed by atoms with Crippen molar-refractivity contribution in [1.82, 2.24) is 0 Å². The average molecular weight is 326 g/mol. The molecular weight excluding hydrogens is 313 g/mol. The molecule has 1 aromatic heterocycles. The van der Waals surface area contributed by atoms with Crippen LogP contribution in [0, 0.1) is 11.7 Å². The summed E-state index contributed by atoms with van der Waals surface area (Å²) in [5, 5.41) is 5.43. The molecule has 0 aliphatic heterocycles. The molecule has 18 heavy (non-hydrogen) atoms. The summed E-state index contributed by atoms with van der Waals surface area (Å²) in [4.78, 5) is 1.29. The van der Waals surface area contributed by atoms with Crippen molar-refractivity contribution in [2.75, 3.05) is 5.32 Å². The third-order valence-electron chi connectivity index (χ3n) is 3.18. The monoisotopic (exact) mass is 325 g/mol. The Balaban J connectivity index is 1.86. The van der Waals surface area contributed by atoms with Gasteiger partial charge in [0.05, 0.1) is 11.7 Å². The SMILES string of the molecule is Fc1ccc(Br)cc1NC(c1cccs1)C1CC1. The second kappa shape index (κ2) is 5.02. The Morgan fingerprint density at radius 3 is 2.83 bits per heavy atom. The van der Waals surface area contributed by atoms with Gasteiger partial charge in [-0.15, -0.1) is 11.3 Å². The Kier molecular flexibility index (Phi) is 3.39. The van der Waals surface area contributed by atoms with Crippen LogP contribution in [0.25, 0.3) is 0 Å². The molecule has 3 rings (SSSR count). The minimum Gasteiger partial charge on any atom is -0.375 e. The number of nitrogens with one attached hydrogen (secondary N) is 1. The van der Waals surface area contributed by atoms with Crippen LogP contribution in [-0.2, 0) is 0 Å². The van der Waals surface area contributed by atoms with Gasteiger partial charge in [0.15, 0.2) is 0 Å². The highest BCUT2D eigenvalue weighted by Crippen LogP contribution is 2.44. The van der Waals surface area contributed by atoms with Crippen molar-refractivity contribution in [3.8, 4) is 0 Å². The van der Waals surface area contributed by atoms with Crippen LogP contribution in [0.3, 0.4) is 0 Å². The summed E-state index contributed by atoms with van der Waals surface area (Å²) < 4.78 is 14.7. The summed E-state index contributed by atoms with van der Waals surface area (Å²) in [5.41, 5.74) is 0.578. The highest BCUT2D eigenvalue weighted by molar-refractivity contribution is 9.10. The Bertz CT molecular complexity index is 537. The smallest absolute Gasteiger partial charge is 0.146 e. The second-order valence-corrected chi connectivity index (χ2v) is 6.49. The maximum Gasteiger partial charge on any atom is 0.146 e. The lowest BCUT2D eigenvalue weighted by molar-refractivity contribution is 0.618. The van der Waals surface area contributed by atoms with Crippen molar-refractivity contribution >= 4 is 33.0 Å². The van der Waals surface area contributed by atoms with Crippen molar-refractivity contribution in [2.45, 2.75) is 18.9 Å². The number of halogens is 2. The largest absolute Gasteiger partial charge is 0.375 e. The minimum atomic E-state index is -0.194. The van der Waals surface area contributed by atoms with E-state index < -0.39 is 0 Å². The Morgan fingerprint density at radius 2 is 2.17 bits per heavy atom. The molecule has 0 spiro atoms. The topological polar surface area (TPSA) is 12.0 Å². The van der Waals surface area contributed by atoms with Gasteiger partial charge >= 0.3 is 0 Å². The maximum absolute atomic E-state index is 13.8. The molecule has 0 amide bonds. The number of hydrogen-bond donors (Lipinski definition) is 1. The Labute approximate surface area is 118 Å². The van der Waals surface area contributed by atoms with Gasteiger partial charge in [0.1, 0.15) is 5.82 Å². The second-order valence-electron chi connectivity index (χ2n) is 4.60. The first kappa shape index (κ1) is 12.2. The first-order chi connectivity index (χ1) is 8.74. The maximum atomic E-state index is 13.8. The van der Waals surface area contributed by atoms with Crippen molar-refractivity contribution in [3.63, 3.8) is 0 Å². The lowest BCUT2D eigenvalue weighted by Crippen LogP contribution is -2.12. The van der Waals surface area contributed by atoms with E-state index in [1.54, 1.807) is 23.5 Å². The number of rotatable bonds is 4. The summed E-state index contributed by atoms with van der Waals surface area (Å²) in [5.74, 6) is 0.447. The van der Waals surface area contributed by atoms with Crippen molar-refractivity contribution < 1.29 is 4.39 Å². The van der Waals surface area contributed by atoms with E-state index in [0.717, 1.165) is 4.47 Å². The first-order valence-electron chi connectivity index (χ1n) is 5.99. The molecule has 1 heterocycles. The fourth-order valence-corrected chi connectivity index (χ4v) is 3.33. The van der Waals surface area contributed by atoms with Crippen molar-refractivity contribution in [1.29, 1.82) is 0 Å². The van der Waals surface area contributed by atoms with Gasteiger partial charge in [-0.2, -0.15) is 0 Å². The van der Waals surface area contributed by atoms with E-state index in [1.165, 1.54) is 23.8 Å². The molecule has 1 nitrogen and oxygen atoms in total. The van der Waals surface area contributed by atoms with Gasteiger partial charge in [-0.3, -0.25) is 0 Å². The summed E-state index contributed by atoms with van der Waals surface area (Å²) in [6.07, 6.45) is 2.45. The average Bonchev–Trinajstić information content (AvgIpc) is 3.05. The number of anilines is 1.